The zero-order valence-corrected chi connectivity index (χ0v) is 16.4. The Labute approximate surface area is 165 Å². The van der Waals surface area contributed by atoms with Crippen molar-refractivity contribution in [3.8, 4) is 0 Å². The van der Waals surface area contributed by atoms with Crippen molar-refractivity contribution in [1.82, 2.24) is 10.2 Å². The minimum Gasteiger partial charge on any atom is -0.371 e. The quantitative estimate of drug-likeness (QED) is 0.548. The van der Waals surface area contributed by atoms with Crippen LogP contribution < -0.4 is 10.2 Å². The van der Waals surface area contributed by atoms with Crippen LogP contribution in [0.1, 0.15) is 66.7 Å². The second-order valence-electron chi connectivity index (χ2n) is 7.67. The molecule has 0 saturated carbocycles. The smallest absolute Gasteiger partial charge is 0.261 e. The normalized spacial score (nSPS) is 19.7. The van der Waals surface area contributed by atoms with Gasteiger partial charge in [0.15, 0.2) is 0 Å². The van der Waals surface area contributed by atoms with E-state index in [1.807, 2.05) is 12.1 Å². The van der Waals surface area contributed by atoms with Gasteiger partial charge in [-0.15, -0.1) is 0 Å². The van der Waals surface area contributed by atoms with Crippen LogP contribution in [0.5, 0.6) is 0 Å². The molecule has 28 heavy (non-hydrogen) atoms. The van der Waals surface area contributed by atoms with Crippen molar-refractivity contribution in [2.24, 2.45) is 5.92 Å². The highest BCUT2D eigenvalue weighted by atomic mass is 16.2. The van der Waals surface area contributed by atoms with Gasteiger partial charge in [0.05, 0.1) is 11.1 Å². The molecule has 1 aromatic carbocycles. The first kappa shape index (κ1) is 20.0. The van der Waals surface area contributed by atoms with E-state index in [1.54, 1.807) is 13.0 Å². The molecular weight excluding hydrogens is 358 g/mol. The first-order valence-corrected chi connectivity index (χ1v) is 9.96. The van der Waals surface area contributed by atoms with Gasteiger partial charge in [0, 0.05) is 31.2 Å². The van der Waals surface area contributed by atoms with Crippen LogP contribution in [0.25, 0.3) is 0 Å². The molecule has 0 bridgehead atoms. The molecule has 2 heterocycles. The molecule has 7 nitrogen and oxygen atoms in total. The van der Waals surface area contributed by atoms with Crippen LogP contribution >= 0.6 is 0 Å². The van der Waals surface area contributed by atoms with Crippen molar-refractivity contribution in [2.75, 3.05) is 18.0 Å². The van der Waals surface area contributed by atoms with Crippen LogP contribution in [0, 0.1) is 5.92 Å². The van der Waals surface area contributed by atoms with E-state index in [4.69, 9.17) is 0 Å². The highest BCUT2D eigenvalue weighted by Gasteiger charge is 2.39. The Morgan fingerprint density at radius 1 is 1.29 bits per heavy atom. The van der Waals surface area contributed by atoms with Crippen molar-refractivity contribution >= 4 is 29.8 Å². The summed E-state index contributed by atoms with van der Waals surface area (Å²) in [6, 6.07) is 5.07. The third kappa shape index (κ3) is 3.93. The lowest BCUT2D eigenvalue weighted by atomic mass is 10.0. The van der Waals surface area contributed by atoms with E-state index >= 15 is 0 Å². The maximum atomic E-state index is 12.9. The zero-order valence-electron chi connectivity index (χ0n) is 16.4. The number of imide groups is 2. The van der Waals surface area contributed by atoms with E-state index in [-0.39, 0.29) is 18.2 Å². The molecule has 1 saturated heterocycles. The van der Waals surface area contributed by atoms with Gasteiger partial charge in [0.1, 0.15) is 0 Å². The van der Waals surface area contributed by atoms with E-state index in [2.05, 4.69) is 17.1 Å². The van der Waals surface area contributed by atoms with Gasteiger partial charge < -0.3 is 4.90 Å². The summed E-state index contributed by atoms with van der Waals surface area (Å²) < 4.78 is 0. The number of nitrogens with one attached hydrogen (secondary N) is 1. The van der Waals surface area contributed by atoms with Crippen LogP contribution in [-0.4, -0.2) is 48.2 Å². The van der Waals surface area contributed by atoms with Gasteiger partial charge in [0.25, 0.3) is 11.8 Å². The van der Waals surface area contributed by atoms with Crippen molar-refractivity contribution in [1.29, 1.82) is 0 Å². The summed E-state index contributed by atoms with van der Waals surface area (Å²) >= 11 is 0. The Morgan fingerprint density at radius 3 is 2.75 bits per heavy atom. The number of amides is 4. The number of carbonyl (C=O) groups excluding carboxylic acids is 4. The van der Waals surface area contributed by atoms with Crippen molar-refractivity contribution in [2.45, 2.75) is 52.0 Å². The van der Waals surface area contributed by atoms with Gasteiger partial charge in [-0.3, -0.25) is 29.4 Å². The van der Waals surface area contributed by atoms with Gasteiger partial charge in [0.2, 0.25) is 12.3 Å². The highest BCUT2D eigenvalue weighted by molar-refractivity contribution is 6.22. The van der Waals surface area contributed by atoms with Crippen molar-refractivity contribution < 1.29 is 19.2 Å². The van der Waals surface area contributed by atoms with Crippen LogP contribution in [0.3, 0.4) is 0 Å². The molecule has 2 aliphatic rings. The number of hydrogen-bond donors (Lipinski definition) is 1. The van der Waals surface area contributed by atoms with Crippen LogP contribution in [-0.2, 0) is 9.59 Å². The molecule has 1 N–H and O–H groups in total. The fourth-order valence-corrected chi connectivity index (χ4v) is 4.16. The molecule has 4 amide bonds. The summed E-state index contributed by atoms with van der Waals surface area (Å²) in [6.07, 6.45) is 4.26. The molecule has 2 unspecified atom stereocenters. The largest absolute Gasteiger partial charge is 0.371 e. The molecule has 0 spiro atoms. The van der Waals surface area contributed by atoms with E-state index in [1.165, 1.54) is 17.7 Å². The fourth-order valence-electron chi connectivity index (χ4n) is 4.16. The average molecular weight is 385 g/mol. The SMILES string of the molecule is CCCC1CCN(c2ccc3c(c2)C(=O)N(C(C)CCC(=O)NC=O)C3=O)C1. The van der Waals surface area contributed by atoms with Crippen molar-refractivity contribution in [3.05, 3.63) is 29.3 Å². The lowest BCUT2D eigenvalue weighted by molar-refractivity contribution is -0.125. The van der Waals surface area contributed by atoms with E-state index < -0.39 is 11.9 Å². The lowest BCUT2D eigenvalue weighted by Gasteiger charge is -2.22. The second-order valence-corrected chi connectivity index (χ2v) is 7.67. The third-order valence-corrected chi connectivity index (χ3v) is 5.70. The average Bonchev–Trinajstić information content (AvgIpc) is 3.24. The van der Waals surface area contributed by atoms with E-state index in [9.17, 15) is 19.2 Å². The molecule has 2 atom stereocenters. The standard InChI is InChI=1S/C21H27N3O4/c1-3-4-15-9-10-23(12-15)16-6-7-17-18(11-16)21(28)24(20(17)27)14(2)5-8-19(26)22-13-25/h6-7,11,13-15H,3-5,8-10,12H2,1-2H3,(H,22,25,26). The first-order valence-electron chi connectivity index (χ1n) is 9.96. The fraction of sp³-hybridized carbons (Fsp3) is 0.524. The molecule has 150 valence electrons. The Balaban J connectivity index is 1.71. The number of nitrogens with zero attached hydrogens (tertiary/aromatic N) is 2. The first-order chi connectivity index (χ1) is 13.5. The van der Waals surface area contributed by atoms with E-state index in [0.717, 1.165) is 25.2 Å². The molecular formula is C21H27N3O4. The third-order valence-electron chi connectivity index (χ3n) is 5.70. The maximum Gasteiger partial charge on any atom is 0.261 e. The van der Waals surface area contributed by atoms with Gasteiger partial charge in [-0.1, -0.05) is 13.3 Å². The van der Waals surface area contributed by atoms with Crippen LogP contribution in [0.2, 0.25) is 0 Å². The number of fused-ring (bicyclic) bond motifs is 1. The Bertz CT molecular complexity index is 792. The van der Waals surface area contributed by atoms with Gasteiger partial charge in [-0.05, 0) is 50.3 Å². The van der Waals surface area contributed by atoms with Gasteiger partial charge >= 0.3 is 0 Å². The molecule has 0 radical (unpaired) electrons. The predicted octanol–water partition coefficient (Wildman–Crippen LogP) is 2.35. The minimum atomic E-state index is -0.422. The maximum absolute atomic E-state index is 12.9. The summed E-state index contributed by atoms with van der Waals surface area (Å²) in [7, 11) is 0. The molecule has 2 aliphatic heterocycles. The number of carbonyl (C=O) groups is 4. The van der Waals surface area contributed by atoms with Crippen LogP contribution in [0.15, 0.2) is 18.2 Å². The van der Waals surface area contributed by atoms with Gasteiger partial charge in [-0.2, -0.15) is 0 Å². The molecule has 7 heteroatoms. The number of anilines is 1. The number of benzene rings is 1. The summed E-state index contributed by atoms with van der Waals surface area (Å²) in [4.78, 5) is 50.9. The van der Waals surface area contributed by atoms with Crippen molar-refractivity contribution in [3.63, 3.8) is 0 Å². The number of rotatable bonds is 8. The number of hydrogen-bond acceptors (Lipinski definition) is 5. The monoisotopic (exact) mass is 385 g/mol. The predicted molar refractivity (Wildman–Crippen MR) is 105 cm³/mol. The molecule has 0 aromatic heterocycles. The Hall–Kier alpha value is -2.70. The summed E-state index contributed by atoms with van der Waals surface area (Å²) in [5, 5.41) is 2.07. The summed E-state index contributed by atoms with van der Waals surface area (Å²) in [6.45, 7) is 5.89. The summed E-state index contributed by atoms with van der Waals surface area (Å²) in [5.41, 5.74) is 1.84. The second kappa shape index (κ2) is 8.54. The molecule has 1 fully saturated rings. The zero-order chi connectivity index (χ0) is 20.3. The highest BCUT2D eigenvalue weighted by Crippen LogP contribution is 2.32. The minimum absolute atomic E-state index is 0.0746. The van der Waals surface area contributed by atoms with Gasteiger partial charge in [-0.25, -0.2) is 0 Å². The molecule has 1 aromatic rings. The summed E-state index contributed by atoms with van der Waals surface area (Å²) in [5.74, 6) is -0.365. The Morgan fingerprint density at radius 2 is 2.04 bits per heavy atom. The van der Waals surface area contributed by atoms with Crippen LogP contribution in [0.4, 0.5) is 5.69 Å². The molecule has 3 rings (SSSR count). The Kier molecular flexibility index (Phi) is 6.11. The lowest BCUT2D eigenvalue weighted by Crippen LogP contribution is -2.38. The topological polar surface area (TPSA) is 86.8 Å². The molecule has 0 aliphatic carbocycles. The van der Waals surface area contributed by atoms with E-state index in [0.29, 0.717) is 29.9 Å².